The van der Waals surface area contributed by atoms with Crippen LogP contribution in [0.25, 0.3) is 4.91 Å². The van der Waals surface area contributed by atoms with Gasteiger partial charge in [0, 0.05) is 29.5 Å². The predicted octanol–water partition coefficient (Wildman–Crippen LogP) is 4.37. The van der Waals surface area contributed by atoms with Crippen molar-refractivity contribution in [1.29, 1.82) is 0 Å². The minimum atomic E-state index is -3.74. The number of nitrogens with zero attached hydrogens (tertiary/aromatic N) is 2. The Morgan fingerprint density at radius 3 is 2.47 bits per heavy atom. The van der Waals surface area contributed by atoms with E-state index in [1.807, 2.05) is 53.6 Å². The first kappa shape index (κ1) is 22.7. The second-order valence-corrected chi connectivity index (χ2v) is 11.3. The molecule has 1 amide bonds. The van der Waals surface area contributed by atoms with Crippen LogP contribution in [0, 0.1) is 5.92 Å². The van der Waals surface area contributed by atoms with Gasteiger partial charge in [-0.05, 0) is 48.3 Å². The molecule has 1 aromatic carbocycles. The van der Waals surface area contributed by atoms with Crippen molar-refractivity contribution in [2.45, 2.75) is 46.1 Å². The van der Waals surface area contributed by atoms with Crippen molar-refractivity contribution >= 4 is 38.0 Å². The maximum atomic E-state index is 12.9. The Morgan fingerprint density at radius 2 is 1.88 bits per heavy atom. The maximum absolute atomic E-state index is 12.9. The van der Waals surface area contributed by atoms with Crippen LogP contribution in [-0.2, 0) is 21.4 Å². The van der Waals surface area contributed by atoms with Crippen molar-refractivity contribution < 1.29 is 13.2 Å². The Bertz CT molecular complexity index is 1140. The van der Waals surface area contributed by atoms with Crippen molar-refractivity contribution in [3.63, 3.8) is 0 Å². The Labute approximate surface area is 194 Å². The summed E-state index contributed by atoms with van der Waals surface area (Å²) in [5.41, 5.74) is 2.53. The summed E-state index contributed by atoms with van der Waals surface area (Å²) in [7, 11) is -3.74. The highest BCUT2D eigenvalue weighted by Gasteiger charge is 2.35. The van der Waals surface area contributed by atoms with Crippen LogP contribution in [0.4, 0.5) is 0 Å². The topological polar surface area (TPSA) is 78.8 Å². The van der Waals surface area contributed by atoms with E-state index in [4.69, 9.17) is 0 Å². The zero-order valence-electron chi connectivity index (χ0n) is 18.7. The quantitative estimate of drug-likeness (QED) is 0.702. The Hall–Kier alpha value is -2.45. The van der Waals surface area contributed by atoms with E-state index in [1.165, 1.54) is 5.56 Å². The molecule has 1 N–H and O–H groups in total. The molecule has 4 rings (SSSR count). The molecule has 1 fully saturated rings. The minimum Gasteiger partial charge on any atom is -0.356 e. The summed E-state index contributed by atoms with van der Waals surface area (Å²) in [6.07, 6.45) is 1.36. The van der Waals surface area contributed by atoms with Crippen LogP contribution in [0.15, 0.2) is 51.7 Å². The summed E-state index contributed by atoms with van der Waals surface area (Å²) < 4.78 is 29.9. The third-order valence-electron chi connectivity index (χ3n) is 6.16. The van der Waals surface area contributed by atoms with Crippen molar-refractivity contribution in [2.24, 2.45) is 10.3 Å². The zero-order chi connectivity index (χ0) is 22.9. The van der Waals surface area contributed by atoms with Gasteiger partial charge in [-0.25, -0.2) is 0 Å². The van der Waals surface area contributed by atoms with Gasteiger partial charge >= 0.3 is 0 Å². The number of nitrogens with one attached hydrogen (secondary N) is 1. The van der Waals surface area contributed by atoms with Gasteiger partial charge in [0.1, 0.15) is 10.7 Å². The van der Waals surface area contributed by atoms with Gasteiger partial charge in [0.05, 0.1) is 6.54 Å². The monoisotopic (exact) mass is 471 g/mol. The molecule has 6 nitrogen and oxygen atoms in total. The third-order valence-corrected chi connectivity index (χ3v) is 8.51. The lowest BCUT2D eigenvalue weighted by Gasteiger charge is -2.32. The number of hydrogen-bond donors (Lipinski definition) is 1. The molecule has 2 aliphatic heterocycles. The number of carbonyl (C=O) groups excluding carboxylic acids is 1. The molecule has 0 spiro atoms. The fourth-order valence-corrected chi connectivity index (χ4v) is 6.42. The fourth-order valence-electron chi connectivity index (χ4n) is 4.29. The molecule has 0 radical (unpaired) electrons. The summed E-state index contributed by atoms with van der Waals surface area (Å²) in [6, 6.07) is 11.7. The highest BCUT2D eigenvalue weighted by Crippen LogP contribution is 2.35. The molecule has 1 aromatic heterocycles. The summed E-state index contributed by atoms with van der Waals surface area (Å²) in [4.78, 5) is 16.0. The molecule has 0 unspecified atom stereocenters. The van der Waals surface area contributed by atoms with Crippen LogP contribution in [0.3, 0.4) is 0 Å². The van der Waals surface area contributed by atoms with Crippen molar-refractivity contribution in [2.75, 3.05) is 13.1 Å². The Balaban J connectivity index is 1.43. The van der Waals surface area contributed by atoms with E-state index < -0.39 is 10.0 Å². The molecule has 0 atom stereocenters. The molecule has 2 aromatic rings. The van der Waals surface area contributed by atoms with Crippen LogP contribution in [0.2, 0.25) is 0 Å². The molecule has 0 bridgehead atoms. The first-order chi connectivity index (χ1) is 15.3. The van der Waals surface area contributed by atoms with Crippen LogP contribution in [0.5, 0.6) is 0 Å². The fraction of sp³-hybridized carbons (Fsp3) is 0.417. The molecule has 3 heterocycles. The van der Waals surface area contributed by atoms with Gasteiger partial charge in [-0.3, -0.25) is 4.79 Å². The number of likely N-dealkylation sites (tertiary alicyclic amines) is 1. The lowest BCUT2D eigenvalue weighted by atomic mass is 9.95. The number of amides is 1. The summed E-state index contributed by atoms with van der Waals surface area (Å²) >= 11 is 1.63. The number of amidine groups is 1. The van der Waals surface area contributed by atoms with E-state index in [-0.39, 0.29) is 11.8 Å². The number of benzene rings is 1. The number of piperidine rings is 1. The molecule has 32 heavy (non-hydrogen) atoms. The number of rotatable bonds is 5. The van der Waals surface area contributed by atoms with E-state index in [0.717, 1.165) is 4.88 Å². The Morgan fingerprint density at radius 1 is 1.19 bits per heavy atom. The molecule has 2 aliphatic rings. The highest BCUT2D eigenvalue weighted by atomic mass is 32.2. The van der Waals surface area contributed by atoms with E-state index >= 15 is 0 Å². The molecular formula is C24H29N3O3S2. The standard InChI is InChI=1S/C24H29N3O3S2/c1-16(2)18-6-8-19(9-7-18)22-17(3)23(26-32(22,29)30)27-12-10-20(11-13-27)24(28)25-15-21-5-4-14-31-21/h4-9,14,16,20H,10-13,15H2,1-3H3,(H,25,28). The first-order valence-electron chi connectivity index (χ1n) is 11.0. The van der Waals surface area contributed by atoms with E-state index in [9.17, 15) is 13.2 Å². The molecule has 1 saturated heterocycles. The molecule has 170 valence electrons. The largest absolute Gasteiger partial charge is 0.356 e. The van der Waals surface area contributed by atoms with Crippen LogP contribution < -0.4 is 5.32 Å². The van der Waals surface area contributed by atoms with E-state index in [1.54, 1.807) is 11.3 Å². The van der Waals surface area contributed by atoms with Gasteiger partial charge in [-0.1, -0.05) is 44.2 Å². The van der Waals surface area contributed by atoms with Crippen molar-refractivity contribution in [3.8, 4) is 0 Å². The van der Waals surface area contributed by atoms with Crippen molar-refractivity contribution in [3.05, 3.63) is 63.4 Å². The van der Waals surface area contributed by atoms with Crippen LogP contribution in [0.1, 0.15) is 55.5 Å². The summed E-state index contributed by atoms with van der Waals surface area (Å²) in [6.45, 7) is 7.83. The molecule has 8 heteroatoms. The lowest BCUT2D eigenvalue weighted by Crippen LogP contribution is -2.42. The number of hydrogen-bond acceptors (Lipinski definition) is 5. The van der Waals surface area contributed by atoms with Gasteiger partial charge in [0.25, 0.3) is 10.0 Å². The predicted molar refractivity (Wildman–Crippen MR) is 130 cm³/mol. The summed E-state index contributed by atoms with van der Waals surface area (Å²) in [5.74, 6) is 0.912. The van der Waals surface area contributed by atoms with Gasteiger partial charge in [0.2, 0.25) is 5.91 Å². The minimum absolute atomic E-state index is 0.0582. The lowest BCUT2D eigenvalue weighted by molar-refractivity contribution is -0.126. The number of carbonyl (C=O) groups is 1. The van der Waals surface area contributed by atoms with Gasteiger partial charge in [-0.2, -0.15) is 8.42 Å². The van der Waals surface area contributed by atoms with Crippen molar-refractivity contribution in [1.82, 2.24) is 10.2 Å². The normalized spacial score (nSPS) is 18.9. The second-order valence-electron chi connectivity index (χ2n) is 8.68. The molecular weight excluding hydrogens is 442 g/mol. The molecule has 0 saturated carbocycles. The van der Waals surface area contributed by atoms with Crippen LogP contribution in [-0.4, -0.2) is 38.2 Å². The van der Waals surface area contributed by atoms with Gasteiger partial charge < -0.3 is 10.2 Å². The highest BCUT2D eigenvalue weighted by molar-refractivity contribution is 8.00. The average Bonchev–Trinajstić information content (AvgIpc) is 3.37. The van der Waals surface area contributed by atoms with Gasteiger partial charge in [-0.15, -0.1) is 15.7 Å². The zero-order valence-corrected chi connectivity index (χ0v) is 20.3. The van der Waals surface area contributed by atoms with E-state index in [0.29, 0.717) is 60.3 Å². The SMILES string of the molecule is CC1=C(c2ccc(C(C)C)cc2)S(=O)(=O)N=C1N1CCC(C(=O)NCc2cccs2)CC1. The Kier molecular flexibility index (Phi) is 6.53. The number of sulfonamides is 1. The van der Waals surface area contributed by atoms with Gasteiger partial charge in [0.15, 0.2) is 0 Å². The number of thiophene rings is 1. The third kappa shape index (κ3) is 4.66. The average molecular weight is 472 g/mol. The molecule has 0 aliphatic carbocycles. The van der Waals surface area contributed by atoms with E-state index in [2.05, 4.69) is 23.6 Å². The van der Waals surface area contributed by atoms with Crippen LogP contribution >= 0.6 is 11.3 Å². The first-order valence-corrected chi connectivity index (χ1v) is 13.3. The maximum Gasteiger partial charge on any atom is 0.285 e. The second kappa shape index (κ2) is 9.19. The smallest absolute Gasteiger partial charge is 0.285 e. The summed E-state index contributed by atoms with van der Waals surface area (Å²) in [5, 5.41) is 5.02.